The lowest BCUT2D eigenvalue weighted by Gasteiger charge is -2.61. The normalized spacial score (nSPS) is 27.0. The van der Waals surface area contributed by atoms with Crippen molar-refractivity contribution in [2.24, 2.45) is 0 Å². The number of ether oxygens (including phenoxy) is 6. The lowest BCUT2D eigenvalue weighted by Crippen LogP contribution is -2.74. The van der Waals surface area contributed by atoms with E-state index in [0.29, 0.717) is 30.9 Å². The van der Waals surface area contributed by atoms with Gasteiger partial charge in [0.15, 0.2) is 23.7 Å². The van der Waals surface area contributed by atoms with Crippen LogP contribution in [0.4, 0.5) is 0 Å². The van der Waals surface area contributed by atoms with E-state index in [9.17, 15) is 33.9 Å². The Morgan fingerprint density at radius 3 is 2.40 bits per heavy atom. The Kier molecular flexibility index (Phi) is 8.94. The Morgan fingerprint density at radius 2 is 1.77 bits per heavy atom. The predicted molar refractivity (Wildman–Crippen MR) is 153 cm³/mol. The highest BCUT2D eigenvalue weighted by atomic mass is 16.6. The van der Waals surface area contributed by atoms with Crippen molar-refractivity contribution in [3.63, 3.8) is 0 Å². The molecule has 2 aliphatic heterocycles. The van der Waals surface area contributed by atoms with Crippen molar-refractivity contribution in [2.75, 3.05) is 20.7 Å². The van der Waals surface area contributed by atoms with Gasteiger partial charge in [-0.3, -0.25) is 14.4 Å². The van der Waals surface area contributed by atoms with Gasteiger partial charge >= 0.3 is 35.8 Å². The number of hydrogen-bond donors (Lipinski definition) is 3. The molecule has 1 aromatic carbocycles. The fraction of sp³-hybridized carbons (Fsp3) is 0.548. The van der Waals surface area contributed by atoms with Gasteiger partial charge in [-0.15, -0.1) is 0 Å². The Hall–Kier alpha value is -4.70. The van der Waals surface area contributed by atoms with E-state index in [2.05, 4.69) is 9.64 Å². The standard InChI is InChI=1S/C31H35NO15/c1-14(28(39)46-19(27(37)38)12-22(34)35)43-29(40)20(44-15(2)33)13-23(36)45-18-7-8-31(41)21-11-16-5-6-17(42-4)25-24(16)30(31,26(18)47-25)9-10-32(21)3/h5-7,14,19-21,26,41H,8-13H2,1-4H3,(H,34,35)(H,37,38)/t14-,19-,20-,21+,26-,30-,31+/m0/s1. The molecule has 1 saturated heterocycles. The van der Waals surface area contributed by atoms with E-state index < -0.39 is 84.1 Å². The topological polar surface area (TPSA) is 222 Å². The smallest absolute Gasteiger partial charge is 0.348 e. The molecule has 47 heavy (non-hydrogen) atoms. The summed E-state index contributed by atoms with van der Waals surface area (Å²) in [4.78, 5) is 74.5. The van der Waals surface area contributed by atoms with Crippen LogP contribution in [0, 0.1) is 0 Å². The van der Waals surface area contributed by atoms with Gasteiger partial charge in [-0.1, -0.05) is 6.07 Å². The first-order valence-corrected chi connectivity index (χ1v) is 14.9. The zero-order valence-electron chi connectivity index (χ0n) is 26.0. The Morgan fingerprint density at radius 1 is 1.04 bits per heavy atom. The maximum Gasteiger partial charge on any atom is 0.348 e. The molecule has 0 unspecified atom stereocenters. The van der Waals surface area contributed by atoms with Crippen molar-refractivity contribution in [1.29, 1.82) is 0 Å². The van der Waals surface area contributed by atoms with Crippen LogP contribution in [-0.2, 0) is 59.6 Å². The first-order chi connectivity index (χ1) is 22.1. The fourth-order valence-electron chi connectivity index (χ4n) is 7.16. The number of nitrogens with zero attached hydrogens (tertiary/aromatic N) is 1. The van der Waals surface area contributed by atoms with Gasteiger partial charge in [-0.05, 0) is 51.1 Å². The molecule has 3 N–H and O–H groups in total. The van der Waals surface area contributed by atoms with E-state index in [1.165, 1.54) is 7.11 Å². The zero-order chi connectivity index (χ0) is 34.4. The number of carboxylic acids is 2. The molecule has 16 heteroatoms. The van der Waals surface area contributed by atoms with Crippen LogP contribution in [-0.4, -0.2) is 113 Å². The molecule has 0 saturated carbocycles. The fourth-order valence-corrected chi connectivity index (χ4v) is 7.16. The number of benzene rings is 1. The lowest BCUT2D eigenvalue weighted by molar-refractivity contribution is -0.184. The summed E-state index contributed by atoms with van der Waals surface area (Å²) in [7, 11) is 3.45. The minimum atomic E-state index is -2.05. The first-order valence-electron chi connectivity index (χ1n) is 14.9. The van der Waals surface area contributed by atoms with E-state index in [4.69, 9.17) is 33.9 Å². The molecule has 2 aliphatic carbocycles. The lowest BCUT2D eigenvalue weighted by atomic mass is 9.50. The first kappa shape index (κ1) is 33.7. The van der Waals surface area contributed by atoms with Crippen molar-refractivity contribution in [1.82, 2.24) is 4.90 Å². The van der Waals surface area contributed by atoms with Crippen LogP contribution in [0.25, 0.3) is 0 Å². The number of rotatable bonds is 12. The number of carboxylic acid groups (broad SMARTS) is 2. The van der Waals surface area contributed by atoms with E-state index in [0.717, 1.165) is 25.0 Å². The molecule has 7 atom stereocenters. The third kappa shape index (κ3) is 5.75. The molecule has 5 rings (SSSR count). The van der Waals surface area contributed by atoms with Gasteiger partial charge in [-0.2, -0.15) is 0 Å². The summed E-state index contributed by atoms with van der Waals surface area (Å²) in [6.07, 6.45) is -5.73. The molecule has 1 fully saturated rings. The van der Waals surface area contributed by atoms with E-state index in [-0.39, 0.29) is 18.2 Å². The monoisotopic (exact) mass is 661 g/mol. The van der Waals surface area contributed by atoms with Crippen LogP contribution in [0.5, 0.6) is 11.5 Å². The van der Waals surface area contributed by atoms with Crippen LogP contribution >= 0.6 is 0 Å². The third-order valence-corrected chi connectivity index (χ3v) is 9.23. The number of aliphatic hydroxyl groups is 1. The molecule has 254 valence electrons. The molecule has 1 aromatic rings. The van der Waals surface area contributed by atoms with Crippen LogP contribution in [0.3, 0.4) is 0 Å². The van der Waals surface area contributed by atoms with Gasteiger partial charge in [0, 0.05) is 24.9 Å². The van der Waals surface area contributed by atoms with Gasteiger partial charge in [0.2, 0.25) is 12.2 Å². The molecule has 1 spiro atoms. The highest BCUT2D eigenvalue weighted by molar-refractivity contribution is 5.88. The van der Waals surface area contributed by atoms with Crippen molar-refractivity contribution >= 4 is 35.8 Å². The molecular weight excluding hydrogens is 626 g/mol. The van der Waals surface area contributed by atoms with Gasteiger partial charge in [0.25, 0.3) is 0 Å². The largest absolute Gasteiger partial charge is 0.493 e. The minimum absolute atomic E-state index is 0.0964. The Bertz CT molecular complexity index is 1550. The van der Waals surface area contributed by atoms with Gasteiger partial charge < -0.3 is 48.6 Å². The number of piperidine rings is 1. The summed E-state index contributed by atoms with van der Waals surface area (Å²) in [6, 6.07) is 3.49. The minimum Gasteiger partial charge on any atom is -0.493 e. The average Bonchev–Trinajstić information content (AvgIpc) is 3.35. The molecule has 0 radical (unpaired) electrons. The Labute approximate surface area is 268 Å². The summed E-state index contributed by atoms with van der Waals surface area (Å²) in [5, 5.41) is 30.2. The summed E-state index contributed by atoms with van der Waals surface area (Å²) >= 11 is 0. The molecule has 2 heterocycles. The number of methoxy groups -OCH3 is 1. The number of likely N-dealkylation sites (N-methyl/N-ethyl adjacent to an activating group) is 1. The number of carbonyl (C=O) groups is 6. The summed E-state index contributed by atoms with van der Waals surface area (Å²) in [6.45, 7) is 2.63. The SMILES string of the molecule is COc1ccc2c3c1O[C@H]1C(OC(=O)C[C@H](OC(C)=O)C(=O)O[C@@H](C)C(=O)O[C@@H](CC(=O)O)C(=O)O)=CC[C@@]4(O)[C@@H](C2)N(C)CC[C@]314. The number of aliphatic carboxylic acids is 2. The second kappa shape index (κ2) is 12.5. The zero-order valence-corrected chi connectivity index (χ0v) is 26.0. The van der Waals surface area contributed by atoms with Crippen LogP contribution in [0.1, 0.15) is 50.7 Å². The van der Waals surface area contributed by atoms with Crippen LogP contribution in [0.2, 0.25) is 0 Å². The van der Waals surface area contributed by atoms with E-state index in [1.54, 1.807) is 12.1 Å². The highest BCUT2D eigenvalue weighted by Gasteiger charge is 2.72. The van der Waals surface area contributed by atoms with Crippen molar-refractivity contribution in [2.45, 2.75) is 87.4 Å². The van der Waals surface area contributed by atoms with Crippen molar-refractivity contribution in [3.05, 3.63) is 35.1 Å². The molecule has 0 amide bonds. The quantitative estimate of drug-likeness (QED) is 0.202. The summed E-state index contributed by atoms with van der Waals surface area (Å²) in [5.41, 5.74) is -0.430. The molecule has 0 aromatic heterocycles. The molecule has 4 aliphatic rings. The predicted octanol–water partition coefficient (Wildman–Crippen LogP) is 0.241. The number of likely N-dealkylation sites (tertiary alicyclic amines) is 1. The summed E-state index contributed by atoms with van der Waals surface area (Å²) in [5.74, 6) is -6.98. The molecule has 16 nitrogen and oxygen atoms in total. The number of esters is 4. The maximum absolute atomic E-state index is 13.3. The molecule has 2 bridgehead atoms. The second-order valence-electron chi connectivity index (χ2n) is 12.0. The van der Waals surface area contributed by atoms with E-state index >= 15 is 0 Å². The van der Waals surface area contributed by atoms with Crippen LogP contribution < -0.4 is 9.47 Å². The third-order valence-electron chi connectivity index (χ3n) is 9.23. The number of hydrogen-bond acceptors (Lipinski definition) is 14. The highest BCUT2D eigenvalue weighted by Crippen LogP contribution is 2.65. The van der Waals surface area contributed by atoms with Gasteiger partial charge in [-0.25, -0.2) is 14.4 Å². The van der Waals surface area contributed by atoms with Crippen molar-refractivity contribution in [3.8, 4) is 11.5 Å². The second-order valence-corrected chi connectivity index (χ2v) is 12.0. The van der Waals surface area contributed by atoms with Gasteiger partial charge in [0.1, 0.15) is 5.76 Å². The van der Waals surface area contributed by atoms with Gasteiger partial charge in [0.05, 0.1) is 31.0 Å². The van der Waals surface area contributed by atoms with E-state index in [1.807, 2.05) is 13.1 Å². The van der Waals surface area contributed by atoms with Crippen molar-refractivity contribution < 1.29 is 72.5 Å². The Balaban J connectivity index is 1.33. The van der Waals surface area contributed by atoms with Crippen LogP contribution in [0.15, 0.2) is 24.0 Å². The maximum atomic E-state index is 13.3. The average molecular weight is 662 g/mol. The number of carbonyl (C=O) groups excluding carboxylic acids is 4. The summed E-state index contributed by atoms with van der Waals surface area (Å²) < 4.78 is 32.3. The molecular formula is C31H35NO15.